The fraction of sp³-hybridized carbons (Fsp3) is 0.280. The van der Waals surface area contributed by atoms with E-state index >= 15 is 0 Å². The van der Waals surface area contributed by atoms with Crippen molar-refractivity contribution >= 4 is 34.4 Å². The highest BCUT2D eigenvalue weighted by Crippen LogP contribution is 2.32. The summed E-state index contributed by atoms with van der Waals surface area (Å²) in [5.41, 5.74) is 7.78. The molecule has 0 saturated carbocycles. The number of rotatable bonds is 5. The van der Waals surface area contributed by atoms with Crippen LogP contribution in [-0.2, 0) is 12.7 Å². The summed E-state index contributed by atoms with van der Waals surface area (Å²) in [5.74, 6) is 0.269. The zero-order valence-electron chi connectivity index (χ0n) is 20.5. The molecule has 5 rings (SSSR count). The topological polar surface area (TPSA) is 117 Å². The molecule has 2 aromatic heterocycles. The van der Waals surface area contributed by atoms with Crippen LogP contribution in [0.25, 0.3) is 16.9 Å². The van der Waals surface area contributed by atoms with Gasteiger partial charge in [-0.3, -0.25) is 9.47 Å². The molecule has 13 heteroatoms. The third-order valence-electron chi connectivity index (χ3n) is 6.35. The fourth-order valence-electron chi connectivity index (χ4n) is 4.32. The molecule has 1 fully saturated rings. The largest absolute Gasteiger partial charge is 0.416 e. The fourth-order valence-corrected chi connectivity index (χ4v) is 4.32. The number of nitrogens with zero attached hydrogens (tertiary/aromatic N) is 6. The molecule has 0 bridgehead atoms. The summed E-state index contributed by atoms with van der Waals surface area (Å²) in [6.07, 6.45) is -1.62. The molecular formula is C25H26F3N9O. The van der Waals surface area contributed by atoms with Gasteiger partial charge in [0.05, 0.1) is 5.56 Å². The normalized spacial score (nSPS) is 15.1. The number of hydrogen-bond donors (Lipinski definition) is 3. The van der Waals surface area contributed by atoms with E-state index in [1.807, 2.05) is 7.05 Å². The van der Waals surface area contributed by atoms with Gasteiger partial charge >= 0.3 is 12.2 Å². The van der Waals surface area contributed by atoms with Gasteiger partial charge < -0.3 is 21.3 Å². The van der Waals surface area contributed by atoms with Crippen molar-refractivity contribution in [1.82, 2.24) is 29.3 Å². The monoisotopic (exact) mass is 525 g/mol. The van der Waals surface area contributed by atoms with Gasteiger partial charge in [-0.1, -0.05) is 0 Å². The van der Waals surface area contributed by atoms with Crippen LogP contribution in [0.2, 0.25) is 0 Å². The van der Waals surface area contributed by atoms with Crippen LogP contribution in [0.3, 0.4) is 0 Å². The molecule has 4 aromatic rings. The third-order valence-corrected chi connectivity index (χ3v) is 6.35. The van der Waals surface area contributed by atoms with Crippen molar-refractivity contribution in [1.29, 1.82) is 0 Å². The highest BCUT2D eigenvalue weighted by atomic mass is 19.4. The first-order chi connectivity index (χ1) is 18.2. The number of urea groups is 1. The van der Waals surface area contributed by atoms with Gasteiger partial charge in [0.1, 0.15) is 12.7 Å². The van der Waals surface area contributed by atoms with Gasteiger partial charge in [0.15, 0.2) is 17.0 Å². The summed E-state index contributed by atoms with van der Waals surface area (Å²) in [4.78, 5) is 29.3. The zero-order chi connectivity index (χ0) is 26.9. The maximum absolute atomic E-state index is 13.6. The molecule has 2 aromatic carbocycles. The number of hydrogen-bond acceptors (Lipinski definition) is 7. The van der Waals surface area contributed by atoms with Gasteiger partial charge in [0, 0.05) is 49.8 Å². The van der Waals surface area contributed by atoms with E-state index in [9.17, 15) is 18.0 Å². The summed E-state index contributed by atoms with van der Waals surface area (Å²) in [7, 11) is 2.01. The Kier molecular flexibility index (Phi) is 6.87. The summed E-state index contributed by atoms with van der Waals surface area (Å²) >= 11 is 0. The number of carbonyl (C=O) groups is 1. The van der Waals surface area contributed by atoms with Crippen molar-refractivity contribution in [3.8, 4) is 5.69 Å². The van der Waals surface area contributed by atoms with Crippen molar-refractivity contribution in [2.24, 2.45) is 0 Å². The minimum absolute atomic E-state index is 0.0697. The van der Waals surface area contributed by atoms with E-state index in [4.69, 9.17) is 5.73 Å². The number of nitrogen functional groups attached to an aromatic ring is 1. The van der Waals surface area contributed by atoms with E-state index in [0.29, 0.717) is 29.0 Å². The summed E-state index contributed by atoms with van der Waals surface area (Å²) in [6, 6.07) is 9.81. The number of fused-ring (bicyclic) bond motifs is 1. The lowest BCUT2D eigenvalue weighted by atomic mass is 10.1. The average molecular weight is 526 g/mol. The number of imidazole rings is 1. The Morgan fingerprint density at radius 1 is 0.974 bits per heavy atom. The van der Waals surface area contributed by atoms with Gasteiger partial charge in [-0.15, -0.1) is 0 Å². The Hall–Kier alpha value is -4.23. The summed E-state index contributed by atoms with van der Waals surface area (Å²) < 4.78 is 42.4. The first-order valence-corrected chi connectivity index (χ1v) is 11.9. The molecule has 3 heterocycles. The number of likely N-dealkylation sites (N-methyl/N-ethyl adjacent to an activating group) is 1. The van der Waals surface area contributed by atoms with Crippen LogP contribution in [0.15, 0.2) is 55.1 Å². The minimum Gasteiger partial charge on any atom is -0.382 e. The number of nitrogens with one attached hydrogen (secondary N) is 2. The molecule has 0 unspecified atom stereocenters. The molecule has 0 aliphatic carbocycles. The number of nitrogens with two attached hydrogens (primary N) is 1. The second-order valence-corrected chi connectivity index (χ2v) is 9.17. The van der Waals surface area contributed by atoms with Crippen LogP contribution in [-0.4, -0.2) is 68.6 Å². The van der Waals surface area contributed by atoms with Gasteiger partial charge in [-0.25, -0.2) is 19.7 Å². The number of halogens is 3. The highest BCUT2D eigenvalue weighted by molar-refractivity contribution is 6.00. The number of amides is 2. The number of piperazine rings is 1. The molecule has 1 saturated heterocycles. The first kappa shape index (κ1) is 25.4. The molecule has 0 atom stereocenters. The molecule has 4 N–H and O–H groups in total. The zero-order valence-corrected chi connectivity index (χ0v) is 20.5. The van der Waals surface area contributed by atoms with Gasteiger partial charge in [0.25, 0.3) is 0 Å². The number of aromatic nitrogens is 4. The smallest absolute Gasteiger partial charge is 0.382 e. The molecule has 1 aliphatic rings. The van der Waals surface area contributed by atoms with E-state index in [2.05, 4.69) is 35.4 Å². The van der Waals surface area contributed by atoms with Gasteiger partial charge in [0.2, 0.25) is 0 Å². The van der Waals surface area contributed by atoms with E-state index in [0.717, 1.165) is 44.0 Å². The second kappa shape index (κ2) is 10.3. The lowest BCUT2D eigenvalue weighted by Gasteiger charge is -2.32. The Morgan fingerprint density at radius 3 is 2.39 bits per heavy atom. The van der Waals surface area contributed by atoms with Gasteiger partial charge in [-0.2, -0.15) is 13.2 Å². The third kappa shape index (κ3) is 5.68. The molecule has 198 valence electrons. The average Bonchev–Trinajstić information content (AvgIpc) is 3.31. The van der Waals surface area contributed by atoms with E-state index in [-0.39, 0.29) is 11.5 Å². The van der Waals surface area contributed by atoms with Gasteiger partial charge in [-0.05, 0) is 55.1 Å². The number of anilines is 3. The Morgan fingerprint density at radius 2 is 1.68 bits per heavy atom. The predicted molar refractivity (Wildman–Crippen MR) is 138 cm³/mol. The Bertz CT molecular complexity index is 1440. The van der Waals surface area contributed by atoms with E-state index in [1.165, 1.54) is 6.33 Å². The summed E-state index contributed by atoms with van der Waals surface area (Å²) in [6.45, 7) is 3.60. The van der Waals surface area contributed by atoms with E-state index in [1.54, 1.807) is 41.2 Å². The van der Waals surface area contributed by atoms with Crippen molar-refractivity contribution in [2.45, 2.75) is 12.7 Å². The lowest BCUT2D eigenvalue weighted by molar-refractivity contribution is -0.137. The lowest BCUT2D eigenvalue weighted by Crippen LogP contribution is -2.43. The molecule has 38 heavy (non-hydrogen) atoms. The van der Waals surface area contributed by atoms with E-state index < -0.39 is 17.8 Å². The molecule has 1 aliphatic heterocycles. The second-order valence-electron chi connectivity index (χ2n) is 9.17. The number of alkyl halides is 3. The minimum atomic E-state index is -4.53. The van der Waals surface area contributed by atoms with Crippen molar-refractivity contribution < 1.29 is 18.0 Å². The quantitative estimate of drug-likeness (QED) is 0.363. The Labute approximate surface area is 216 Å². The SMILES string of the molecule is CN1CCN(Cc2cc(NC(=O)Nc3ccc(-n4cnc5c(N)ncnc54)cc3)cc(C(F)(F)F)c2)CC1. The van der Waals surface area contributed by atoms with Crippen molar-refractivity contribution in [3.05, 3.63) is 66.2 Å². The molecule has 10 nitrogen and oxygen atoms in total. The molecule has 2 amide bonds. The van der Waals surface area contributed by atoms with Crippen molar-refractivity contribution in [2.75, 3.05) is 49.6 Å². The number of carbonyl (C=O) groups excluding carboxylic acids is 1. The number of benzene rings is 2. The maximum Gasteiger partial charge on any atom is 0.416 e. The van der Waals surface area contributed by atoms with Crippen LogP contribution < -0.4 is 16.4 Å². The predicted octanol–water partition coefficient (Wildman–Crippen LogP) is 3.81. The van der Waals surface area contributed by atoms with Crippen molar-refractivity contribution in [3.63, 3.8) is 0 Å². The first-order valence-electron chi connectivity index (χ1n) is 11.9. The van der Waals surface area contributed by atoms with Crippen LogP contribution >= 0.6 is 0 Å². The maximum atomic E-state index is 13.6. The van der Waals surface area contributed by atoms with Crippen LogP contribution in [0, 0.1) is 0 Å². The molecule has 0 spiro atoms. The highest BCUT2D eigenvalue weighted by Gasteiger charge is 2.31. The van der Waals surface area contributed by atoms with Crippen LogP contribution in [0.4, 0.5) is 35.2 Å². The summed E-state index contributed by atoms with van der Waals surface area (Å²) in [5, 5.41) is 5.19. The molecule has 0 radical (unpaired) electrons. The standard InChI is InChI=1S/C25H26F3N9O/c1-35-6-8-36(9-7-35)13-16-10-17(25(26,27)28)12-19(11-16)34-24(38)33-18-2-4-20(5-3-18)37-15-32-21-22(29)30-14-31-23(21)37/h2-5,10-12,14-15H,6-9,13H2,1H3,(H2,29,30,31)(H2,33,34,38). The van der Waals surface area contributed by atoms with Crippen LogP contribution in [0.5, 0.6) is 0 Å². The molecular weight excluding hydrogens is 499 g/mol. The van der Waals surface area contributed by atoms with Crippen LogP contribution in [0.1, 0.15) is 11.1 Å². The Balaban J connectivity index is 1.28.